The molecule has 0 heteroatoms. The van der Waals surface area contributed by atoms with Crippen molar-refractivity contribution in [2.75, 3.05) is 0 Å². The van der Waals surface area contributed by atoms with Crippen LogP contribution in [0.1, 0.15) is 74.7 Å². The van der Waals surface area contributed by atoms with Crippen molar-refractivity contribution in [3.8, 4) is 0 Å². The summed E-state index contributed by atoms with van der Waals surface area (Å²) < 4.78 is 0. The molecule has 0 saturated heterocycles. The van der Waals surface area contributed by atoms with Gasteiger partial charge in [0.25, 0.3) is 0 Å². The molecule has 3 atom stereocenters. The van der Waals surface area contributed by atoms with E-state index in [1.807, 2.05) is 13.8 Å². The van der Waals surface area contributed by atoms with E-state index in [0.29, 0.717) is 5.41 Å². The van der Waals surface area contributed by atoms with Gasteiger partial charge in [0.05, 0.1) is 0 Å². The Labute approximate surface area is 104 Å². The van der Waals surface area contributed by atoms with Gasteiger partial charge in [-0.1, -0.05) is 61.8 Å². The molecule has 0 bridgehead atoms. The molecule has 98 valence electrons. The van der Waals surface area contributed by atoms with Crippen molar-refractivity contribution in [2.24, 2.45) is 29.1 Å². The van der Waals surface area contributed by atoms with Crippen LogP contribution < -0.4 is 0 Å². The summed E-state index contributed by atoms with van der Waals surface area (Å²) in [5.74, 6) is 3.66. The van der Waals surface area contributed by atoms with Gasteiger partial charge in [-0.3, -0.25) is 0 Å². The lowest BCUT2D eigenvalue weighted by atomic mass is 9.62. The molecule has 0 N–H and O–H groups in total. The predicted octanol–water partition coefficient (Wildman–Crippen LogP) is 5.77. The van der Waals surface area contributed by atoms with E-state index in [1.54, 1.807) is 0 Å². The molecule has 0 radical (unpaired) electrons. The van der Waals surface area contributed by atoms with Gasteiger partial charge in [0.1, 0.15) is 0 Å². The standard InChI is InChI=1S/C14H28.C2H6/c1-10(2)14(5,6)13-8-7-11(3)12(4)9-13;1-2/h10-13H,7-9H2,1-6H3;1-2H3. The Kier molecular flexibility index (Phi) is 6.67. The van der Waals surface area contributed by atoms with E-state index in [1.165, 1.54) is 19.3 Å². The molecule has 1 aliphatic carbocycles. The van der Waals surface area contributed by atoms with Crippen molar-refractivity contribution in [3.05, 3.63) is 0 Å². The van der Waals surface area contributed by atoms with E-state index in [9.17, 15) is 0 Å². The third kappa shape index (κ3) is 3.79. The Bertz CT molecular complexity index is 178. The lowest BCUT2D eigenvalue weighted by Gasteiger charge is -2.44. The number of rotatable bonds is 2. The highest BCUT2D eigenvalue weighted by Gasteiger charge is 2.36. The molecule has 0 heterocycles. The van der Waals surface area contributed by atoms with E-state index >= 15 is 0 Å². The van der Waals surface area contributed by atoms with Crippen molar-refractivity contribution in [1.29, 1.82) is 0 Å². The van der Waals surface area contributed by atoms with Gasteiger partial charge in [0.15, 0.2) is 0 Å². The fraction of sp³-hybridized carbons (Fsp3) is 1.00. The molecular formula is C16H34. The molecule has 0 spiro atoms. The number of hydrogen-bond donors (Lipinski definition) is 0. The molecule has 0 aromatic carbocycles. The SMILES string of the molecule is CC.CC1CCC(C(C)(C)C(C)C)CC1C. The lowest BCUT2D eigenvalue weighted by Crippen LogP contribution is -2.35. The van der Waals surface area contributed by atoms with Crippen LogP contribution in [0.25, 0.3) is 0 Å². The van der Waals surface area contributed by atoms with Gasteiger partial charge >= 0.3 is 0 Å². The number of hydrogen-bond acceptors (Lipinski definition) is 0. The maximum Gasteiger partial charge on any atom is -0.0303 e. The van der Waals surface area contributed by atoms with E-state index in [-0.39, 0.29) is 0 Å². The van der Waals surface area contributed by atoms with E-state index in [4.69, 9.17) is 0 Å². The first kappa shape index (κ1) is 16.0. The van der Waals surface area contributed by atoms with Crippen LogP contribution in [0.5, 0.6) is 0 Å². The Balaban J connectivity index is 0.00000106. The summed E-state index contributed by atoms with van der Waals surface area (Å²) in [5.41, 5.74) is 0.536. The molecule has 1 fully saturated rings. The zero-order chi connectivity index (χ0) is 12.9. The van der Waals surface area contributed by atoms with Gasteiger partial charge in [-0.2, -0.15) is 0 Å². The molecule has 1 rings (SSSR count). The normalized spacial score (nSPS) is 30.9. The molecule has 16 heavy (non-hydrogen) atoms. The first-order chi connectivity index (χ1) is 7.35. The summed E-state index contributed by atoms with van der Waals surface area (Å²) in [5, 5.41) is 0. The molecule has 1 aliphatic rings. The molecule has 0 nitrogen and oxygen atoms in total. The Morgan fingerprint density at radius 1 is 0.938 bits per heavy atom. The molecule has 1 saturated carbocycles. The Morgan fingerprint density at radius 2 is 1.44 bits per heavy atom. The lowest BCUT2D eigenvalue weighted by molar-refractivity contribution is 0.0625. The van der Waals surface area contributed by atoms with Crippen LogP contribution in [0.15, 0.2) is 0 Å². The van der Waals surface area contributed by atoms with Crippen molar-refractivity contribution in [1.82, 2.24) is 0 Å². The van der Waals surface area contributed by atoms with Crippen LogP contribution in [-0.4, -0.2) is 0 Å². The average Bonchev–Trinajstić information content (AvgIpc) is 2.24. The van der Waals surface area contributed by atoms with E-state index in [2.05, 4.69) is 41.5 Å². The molecule has 0 amide bonds. The second-order valence-electron chi connectivity index (χ2n) is 6.44. The third-order valence-corrected chi connectivity index (χ3v) is 5.14. The largest absolute Gasteiger partial charge is 0.0683 e. The molecule has 0 aromatic rings. The molecule has 3 unspecified atom stereocenters. The van der Waals surface area contributed by atoms with Gasteiger partial charge in [-0.25, -0.2) is 0 Å². The van der Waals surface area contributed by atoms with Gasteiger partial charge in [0, 0.05) is 0 Å². The minimum absolute atomic E-state index is 0.536. The maximum atomic E-state index is 2.46. The van der Waals surface area contributed by atoms with Crippen molar-refractivity contribution in [2.45, 2.75) is 74.7 Å². The predicted molar refractivity (Wildman–Crippen MR) is 75.6 cm³/mol. The summed E-state index contributed by atoms with van der Waals surface area (Å²) in [7, 11) is 0. The maximum absolute atomic E-state index is 2.46. The van der Waals surface area contributed by atoms with Crippen molar-refractivity contribution in [3.63, 3.8) is 0 Å². The van der Waals surface area contributed by atoms with Crippen LogP contribution >= 0.6 is 0 Å². The summed E-state index contributed by atoms with van der Waals surface area (Å²) in [6.07, 6.45) is 4.35. The first-order valence-electron chi connectivity index (χ1n) is 7.35. The Morgan fingerprint density at radius 3 is 1.81 bits per heavy atom. The highest BCUT2D eigenvalue weighted by molar-refractivity contribution is 4.86. The molecule has 0 aromatic heterocycles. The quantitative estimate of drug-likeness (QED) is 0.561. The van der Waals surface area contributed by atoms with Crippen LogP contribution in [-0.2, 0) is 0 Å². The first-order valence-corrected chi connectivity index (χ1v) is 7.35. The van der Waals surface area contributed by atoms with E-state index < -0.39 is 0 Å². The summed E-state index contributed by atoms with van der Waals surface area (Å²) in [6.45, 7) is 18.5. The monoisotopic (exact) mass is 226 g/mol. The highest BCUT2D eigenvalue weighted by atomic mass is 14.4. The zero-order valence-corrected chi connectivity index (χ0v) is 12.9. The van der Waals surface area contributed by atoms with Gasteiger partial charge in [-0.05, 0) is 41.9 Å². The second-order valence-corrected chi connectivity index (χ2v) is 6.44. The van der Waals surface area contributed by atoms with E-state index in [0.717, 1.165) is 23.7 Å². The second kappa shape index (κ2) is 6.67. The topological polar surface area (TPSA) is 0 Å². The third-order valence-electron chi connectivity index (χ3n) is 5.14. The zero-order valence-electron chi connectivity index (χ0n) is 12.9. The summed E-state index contributed by atoms with van der Waals surface area (Å²) in [6, 6.07) is 0. The fourth-order valence-electron chi connectivity index (χ4n) is 2.69. The Hall–Kier alpha value is 0. The van der Waals surface area contributed by atoms with Gasteiger partial charge < -0.3 is 0 Å². The van der Waals surface area contributed by atoms with Gasteiger partial charge in [0.2, 0.25) is 0 Å². The smallest absolute Gasteiger partial charge is 0.0303 e. The van der Waals surface area contributed by atoms with Crippen LogP contribution in [0, 0.1) is 29.1 Å². The van der Waals surface area contributed by atoms with Crippen LogP contribution in [0.2, 0.25) is 0 Å². The fourth-order valence-corrected chi connectivity index (χ4v) is 2.69. The molecule has 0 aliphatic heterocycles. The van der Waals surface area contributed by atoms with Gasteiger partial charge in [-0.15, -0.1) is 0 Å². The summed E-state index contributed by atoms with van der Waals surface area (Å²) in [4.78, 5) is 0. The molecular weight excluding hydrogens is 192 g/mol. The minimum atomic E-state index is 0.536. The van der Waals surface area contributed by atoms with Crippen LogP contribution in [0.3, 0.4) is 0 Å². The van der Waals surface area contributed by atoms with Crippen molar-refractivity contribution >= 4 is 0 Å². The van der Waals surface area contributed by atoms with Crippen LogP contribution in [0.4, 0.5) is 0 Å². The average molecular weight is 226 g/mol. The highest BCUT2D eigenvalue weighted by Crippen LogP contribution is 2.46. The van der Waals surface area contributed by atoms with Crippen molar-refractivity contribution < 1.29 is 0 Å². The summed E-state index contributed by atoms with van der Waals surface area (Å²) >= 11 is 0. The minimum Gasteiger partial charge on any atom is -0.0683 e.